The molecule has 2 aromatic carbocycles. The van der Waals surface area contributed by atoms with Crippen LogP contribution in [-0.2, 0) is 13.1 Å². The van der Waals surface area contributed by atoms with Crippen molar-refractivity contribution in [3.8, 4) is 11.1 Å². The Kier molecular flexibility index (Phi) is 5.26. The van der Waals surface area contributed by atoms with E-state index in [0.29, 0.717) is 12.2 Å². The monoisotopic (exact) mass is 334 g/mol. The second kappa shape index (κ2) is 7.77. The summed E-state index contributed by atoms with van der Waals surface area (Å²) in [5.41, 5.74) is 5.10. The minimum atomic E-state index is -0.159. The van der Waals surface area contributed by atoms with Gasteiger partial charge in [-0.1, -0.05) is 48.5 Å². The molecule has 0 saturated carbocycles. The molecule has 0 aliphatic rings. The van der Waals surface area contributed by atoms with Crippen molar-refractivity contribution in [2.75, 3.05) is 14.1 Å². The number of nitrogens with one attached hydrogen (secondary N) is 2. The van der Waals surface area contributed by atoms with Crippen LogP contribution in [0.25, 0.3) is 11.1 Å². The maximum absolute atomic E-state index is 12.1. The number of aromatic amines is 1. The van der Waals surface area contributed by atoms with Gasteiger partial charge in [-0.25, -0.2) is 0 Å². The normalized spacial score (nSPS) is 10.8. The van der Waals surface area contributed by atoms with Crippen LogP contribution in [0.4, 0.5) is 0 Å². The quantitative estimate of drug-likeness (QED) is 0.728. The van der Waals surface area contributed by atoms with Crippen molar-refractivity contribution in [1.82, 2.24) is 20.4 Å². The third-order valence-electron chi connectivity index (χ3n) is 3.97. The van der Waals surface area contributed by atoms with Crippen LogP contribution in [0.5, 0.6) is 0 Å². The van der Waals surface area contributed by atoms with Gasteiger partial charge in [-0.2, -0.15) is 5.10 Å². The molecule has 0 fully saturated rings. The highest BCUT2D eigenvalue weighted by Gasteiger charge is 2.09. The number of aromatic nitrogens is 2. The molecule has 0 aliphatic heterocycles. The molecule has 0 spiro atoms. The van der Waals surface area contributed by atoms with E-state index < -0.39 is 0 Å². The van der Waals surface area contributed by atoms with Crippen LogP contribution in [0, 0.1) is 0 Å². The maximum atomic E-state index is 12.1. The van der Waals surface area contributed by atoms with Crippen molar-refractivity contribution in [1.29, 1.82) is 0 Å². The molecule has 0 atom stereocenters. The number of rotatable bonds is 6. The number of hydrogen-bond donors (Lipinski definition) is 2. The summed E-state index contributed by atoms with van der Waals surface area (Å²) < 4.78 is 0. The molecule has 0 unspecified atom stereocenters. The zero-order chi connectivity index (χ0) is 17.6. The molecule has 5 nitrogen and oxygen atoms in total. The van der Waals surface area contributed by atoms with E-state index in [0.717, 1.165) is 23.2 Å². The highest BCUT2D eigenvalue weighted by molar-refractivity contribution is 5.92. The zero-order valence-electron chi connectivity index (χ0n) is 14.5. The van der Waals surface area contributed by atoms with Crippen molar-refractivity contribution in [3.05, 3.63) is 77.6 Å². The lowest BCUT2D eigenvalue weighted by Crippen LogP contribution is -2.23. The van der Waals surface area contributed by atoms with Crippen LogP contribution < -0.4 is 5.32 Å². The predicted molar refractivity (Wildman–Crippen MR) is 99.0 cm³/mol. The summed E-state index contributed by atoms with van der Waals surface area (Å²) in [6.45, 7) is 1.38. The second-order valence-corrected chi connectivity index (χ2v) is 6.24. The minimum Gasteiger partial charge on any atom is -0.347 e. The highest BCUT2D eigenvalue weighted by atomic mass is 16.1. The summed E-state index contributed by atoms with van der Waals surface area (Å²) in [6, 6.07) is 18.3. The van der Waals surface area contributed by atoms with Gasteiger partial charge in [0.15, 0.2) is 0 Å². The van der Waals surface area contributed by atoms with Crippen LogP contribution in [-0.4, -0.2) is 35.1 Å². The Morgan fingerprint density at radius 3 is 2.52 bits per heavy atom. The Morgan fingerprint density at radius 2 is 1.84 bits per heavy atom. The molecule has 1 amide bonds. The van der Waals surface area contributed by atoms with E-state index >= 15 is 0 Å². The summed E-state index contributed by atoms with van der Waals surface area (Å²) in [5.74, 6) is -0.159. The number of carbonyl (C=O) groups excluding carboxylic acids is 1. The fraction of sp³-hybridized carbons (Fsp3) is 0.200. The van der Waals surface area contributed by atoms with Crippen molar-refractivity contribution >= 4 is 5.91 Å². The zero-order valence-corrected chi connectivity index (χ0v) is 14.5. The summed E-state index contributed by atoms with van der Waals surface area (Å²) >= 11 is 0. The third kappa shape index (κ3) is 4.33. The predicted octanol–water partition coefficient (Wildman–Crippen LogP) is 3.07. The molecule has 3 aromatic rings. The van der Waals surface area contributed by atoms with Gasteiger partial charge in [0.05, 0.1) is 0 Å². The van der Waals surface area contributed by atoms with Gasteiger partial charge >= 0.3 is 0 Å². The van der Waals surface area contributed by atoms with Crippen LogP contribution in [0.15, 0.2) is 60.8 Å². The van der Waals surface area contributed by atoms with Crippen LogP contribution in [0.2, 0.25) is 0 Å². The molecule has 128 valence electrons. The first-order chi connectivity index (χ1) is 12.1. The Balaban J connectivity index is 1.75. The number of amides is 1. The summed E-state index contributed by atoms with van der Waals surface area (Å²) in [7, 11) is 4.12. The molecule has 25 heavy (non-hydrogen) atoms. The van der Waals surface area contributed by atoms with E-state index in [1.54, 1.807) is 12.3 Å². The fourth-order valence-electron chi connectivity index (χ4n) is 2.76. The molecule has 5 heteroatoms. The number of benzene rings is 2. The van der Waals surface area contributed by atoms with E-state index in [9.17, 15) is 4.79 Å². The Bertz CT molecular complexity index is 823. The first-order valence-corrected chi connectivity index (χ1v) is 8.23. The molecule has 3 rings (SSSR count). The van der Waals surface area contributed by atoms with E-state index in [2.05, 4.69) is 64.8 Å². The Labute approximate surface area is 147 Å². The van der Waals surface area contributed by atoms with Crippen molar-refractivity contribution < 1.29 is 4.79 Å². The topological polar surface area (TPSA) is 61.0 Å². The largest absolute Gasteiger partial charge is 0.347 e. The number of nitrogens with zero attached hydrogens (tertiary/aromatic N) is 2. The van der Waals surface area contributed by atoms with E-state index in [4.69, 9.17) is 0 Å². The molecular formula is C20H22N4O. The van der Waals surface area contributed by atoms with E-state index in [1.165, 1.54) is 5.56 Å². The van der Waals surface area contributed by atoms with Crippen molar-refractivity contribution in [3.63, 3.8) is 0 Å². The van der Waals surface area contributed by atoms with Crippen LogP contribution >= 0.6 is 0 Å². The van der Waals surface area contributed by atoms with Crippen molar-refractivity contribution in [2.45, 2.75) is 13.1 Å². The molecule has 0 aliphatic carbocycles. The number of hydrogen-bond acceptors (Lipinski definition) is 3. The van der Waals surface area contributed by atoms with Crippen LogP contribution in [0.1, 0.15) is 21.6 Å². The van der Waals surface area contributed by atoms with Gasteiger partial charge < -0.3 is 10.2 Å². The van der Waals surface area contributed by atoms with E-state index in [1.807, 2.05) is 18.2 Å². The Morgan fingerprint density at radius 1 is 1.08 bits per heavy atom. The van der Waals surface area contributed by atoms with Gasteiger partial charge in [0.1, 0.15) is 5.69 Å². The van der Waals surface area contributed by atoms with Gasteiger partial charge in [-0.3, -0.25) is 9.89 Å². The summed E-state index contributed by atoms with van der Waals surface area (Å²) in [6.07, 6.45) is 1.57. The molecular weight excluding hydrogens is 312 g/mol. The first-order valence-electron chi connectivity index (χ1n) is 8.23. The molecule has 0 saturated heterocycles. The van der Waals surface area contributed by atoms with Gasteiger partial charge in [-0.15, -0.1) is 0 Å². The number of H-pyrrole nitrogens is 1. The SMILES string of the molecule is CN(C)Cc1ccc(-c2ccccc2CNC(=O)c2ccn[nH]2)cc1. The maximum Gasteiger partial charge on any atom is 0.269 e. The van der Waals surface area contributed by atoms with Gasteiger partial charge in [0.2, 0.25) is 0 Å². The van der Waals surface area contributed by atoms with Crippen molar-refractivity contribution in [2.24, 2.45) is 0 Å². The molecule has 0 bridgehead atoms. The van der Waals surface area contributed by atoms with Gasteiger partial charge in [0, 0.05) is 19.3 Å². The first kappa shape index (κ1) is 16.9. The molecule has 0 radical (unpaired) electrons. The summed E-state index contributed by atoms with van der Waals surface area (Å²) in [4.78, 5) is 14.2. The lowest BCUT2D eigenvalue weighted by atomic mass is 9.98. The smallest absolute Gasteiger partial charge is 0.269 e. The van der Waals surface area contributed by atoms with Crippen LogP contribution in [0.3, 0.4) is 0 Å². The lowest BCUT2D eigenvalue weighted by Gasteiger charge is -2.13. The standard InChI is InChI=1S/C20H22N4O/c1-24(2)14-15-7-9-16(10-8-15)18-6-4-3-5-17(18)13-21-20(25)19-11-12-22-23-19/h3-12H,13-14H2,1-2H3,(H,21,25)(H,22,23). The minimum absolute atomic E-state index is 0.159. The second-order valence-electron chi connectivity index (χ2n) is 6.24. The summed E-state index contributed by atoms with van der Waals surface area (Å²) in [5, 5.41) is 9.41. The fourth-order valence-corrected chi connectivity index (χ4v) is 2.76. The van der Waals surface area contributed by atoms with E-state index in [-0.39, 0.29) is 5.91 Å². The third-order valence-corrected chi connectivity index (χ3v) is 3.97. The Hall–Kier alpha value is -2.92. The lowest BCUT2D eigenvalue weighted by molar-refractivity contribution is 0.0946. The van der Waals surface area contributed by atoms with Gasteiger partial charge in [0.25, 0.3) is 5.91 Å². The average molecular weight is 334 g/mol. The van der Waals surface area contributed by atoms with Gasteiger partial charge in [-0.05, 0) is 42.4 Å². The molecule has 1 heterocycles. The highest BCUT2D eigenvalue weighted by Crippen LogP contribution is 2.24. The number of carbonyl (C=O) groups is 1. The molecule has 1 aromatic heterocycles. The average Bonchev–Trinajstić information content (AvgIpc) is 3.15. The molecule has 2 N–H and O–H groups in total.